The highest BCUT2D eigenvalue weighted by molar-refractivity contribution is 5.71. The molecule has 22 heavy (non-hydrogen) atoms. The van der Waals surface area contributed by atoms with Crippen molar-refractivity contribution in [2.45, 2.75) is 70.8 Å². The van der Waals surface area contributed by atoms with Gasteiger partial charge in [-0.3, -0.25) is 9.59 Å². The fourth-order valence-electron chi connectivity index (χ4n) is 2.11. The van der Waals surface area contributed by atoms with Gasteiger partial charge < -0.3 is 14.3 Å². The number of ether oxygens (including phenoxy) is 1. The molecule has 0 fully saturated rings. The van der Waals surface area contributed by atoms with Crippen LogP contribution in [-0.2, 0) is 14.3 Å². The molecule has 0 saturated heterocycles. The van der Waals surface area contributed by atoms with Crippen LogP contribution in [0.4, 0.5) is 0 Å². The molecule has 0 spiro atoms. The van der Waals surface area contributed by atoms with Gasteiger partial charge in [-0.2, -0.15) is 0 Å². The maximum Gasteiger partial charge on any atom is 0.307 e. The van der Waals surface area contributed by atoms with E-state index in [1.807, 2.05) is 0 Å². The smallest absolute Gasteiger partial charge is 0.307 e. The van der Waals surface area contributed by atoms with Gasteiger partial charge in [0.2, 0.25) is 0 Å². The van der Waals surface area contributed by atoms with E-state index in [1.165, 1.54) is 0 Å². The third kappa shape index (κ3) is 13.9. The Hall–Kier alpha value is -1.10. The van der Waals surface area contributed by atoms with E-state index < -0.39 is 56.4 Å². The first kappa shape index (κ1) is 9.91. The van der Waals surface area contributed by atoms with Crippen molar-refractivity contribution in [2.24, 2.45) is 0 Å². The second kappa shape index (κ2) is 11.5. The lowest BCUT2D eigenvalue weighted by Gasteiger charge is -2.28. The Bertz CT molecular complexity index is 537. The molecule has 5 nitrogen and oxygen atoms in total. The molecule has 1 atom stereocenters. The van der Waals surface area contributed by atoms with Gasteiger partial charge in [0, 0.05) is 6.42 Å². The molecular formula is C17H34NO4+. The zero-order chi connectivity index (χ0) is 24.5. The van der Waals surface area contributed by atoms with E-state index >= 15 is 0 Å². The van der Waals surface area contributed by atoms with Gasteiger partial charge in [0.25, 0.3) is 0 Å². The lowest BCUT2D eigenvalue weighted by Crippen LogP contribution is -2.43. The number of carbonyl (C=O) groups is 2. The lowest BCUT2D eigenvalue weighted by molar-refractivity contribution is -0.873. The fourth-order valence-corrected chi connectivity index (χ4v) is 2.11. The second-order valence-corrected chi connectivity index (χ2v) is 5.57. The fraction of sp³-hybridized carbons (Fsp3) is 0.882. The highest BCUT2D eigenvalue weighted by Gasteiger charge is 2.24. The third-order valence-corrected chi connectivity index (χ3v) is 3.16. The molecule has 0 rings (SSSR count). The molecule has 0 saturated carbocycles. The maximum absolute atomic E-state index is 12.2. The Kier molecular flexibility index (Phi) is 5.16. The molecule has 0 bridgehead atoms. The summed E-state index contributed by atoms with van der Waals surface area (Å²) in [6, 6.07) is 0. The molecule has 0 aliphatic heterocycles. The monoisotopic (exact) mass is 325 g/mol. The lowest BCUT2D eigenvalue weighted by atomic mass is 10.1. The minimum Gasteiger partial charge on any atom is -0.481 e. The van der Waals surface area contributed by atoms with Crippen LogP contribution in [0, 0.1) is 0 Å². The Balaban J connectivity index is 5.37. The van der Waals surface area contributed by atoms with Gasteiger partial charge in [0.15, 0.2) is 6.10 Å². The van der Waals surface area contributed by atoms with Crippen molar-refractivity contribution in [1.82, 2.24) is 0 Å². The highest BCUT2D eigenvalue weighted by atomic mass is 16.5. The van der Waals surface area contributed by atoms with E-state index in [4.69, 9.17) is 22.2 Å². The molecule has 1 N–H and O–H groups in total. The van der Waals surface area contributed by atoms with Gasteiger partial charge in [0.1, 0.15) is 6.54 Å². The Morgan fingerprint density at radius 2 is 1.68 bits per heavy atom. The van der Waals surface area contributed by atoms with Gasteiger partial charge in [-0.05, 0) is 6.42 Å². The van der Waals surface area contributed by atoms with E-state index in [0.717, 1.165) is 38.5 Å². The zero-order valence-electron chi connectivity index (χ0n) is 22.3. The van der Waals surface area contributed by atoms with Crippen LogP contribution in [0.15, 0.2) is 0 Å². The number of likely N-dealkylation sites (N-methyl/N-ethyl adjacent to an activating group) is 1. The largest absolute Gasteiger partial charge is 0.481 e. The van der Waals surface area contributed by atoms with Crippen molar-refractivity contribution in [3.63, 3.8) is 0 Å². The maximum atomic E-state index is 12.2. The summed E-state index contributed by atoms with van der Waals surface area (Å²) in [4.78, 5) is 23.4. The molecule has 0 unspecified atom stereocenters. The summed E-state index contributed by atoms with van der Waals surface area (Å²) in [5, 5.41) is 9.10. The van der Waals surface area contributed by atoms with Gasteiger partial charge in [-0.25, -0.2) is 0 Å². The topological polar surface area (TPSA) is 63.6 Å². The van der Waals surface area contributed by atoms with Crippen molar-refractivity contribution in [2.75, 3.05) is 27.5 Å². The van der Waals surface area contributed by atoms with Crippen LogP contribution < -0.4 is 0 Å². The molecule has 0 radical (unpaired) electrons. The summed E-state index contributed by atoms with van der Waals surface area (Å²) in [5.74, 6) is -2.30. The van der Waals surface area contributed by atoms with E-state index in [0.29, 0.717) is 6.42 Å². The van der Waals surface area contributed by atoms with E-state index in [2.05, 4.69) is 6.92 Å². The molecule has 0 amide bonds. The number of unbranched alkanes of at least 4 members (excludes halogenated alkanes) is 6. The van der Waals surface area contributed by atoms with E-state index in [1.54, 1.807) is 0 Å². The molecule has 130 valence electrons. The van der Waals surface area contributed by atoms with Gasteiger partial charge in [-0.1, -0.05) is 45.4 Å². The summed E-state index contributed by atoms with van der Waals surface area (Å²) < 4.78 is 71.2. The summed E-state index contributed by atoms with van der Waals surface area (Å²) in [6.45, 7) is -9.74. The number of hydrogen-bond donors (Lipinski definition) is 1. The number of carboxylic acids is 1. The SMILES string of the molecule is [2H]C([2H])([2H])[N+](C[C@H](CC(=O)O)OC(=O)CCCCCCCCC)(C([2H])([2H])[2H])C([2H])([2H])[2H]. The Labute approximate surface area is 147 Å². The number of aliphatic carboxylic acids is 1. The Morgan fingerprint density at radius 3 is 2.23 bits per heavy atom. The first-order valence-electron chi connectivity index (χ1n) is 12.3. The Morgan fingerprint density at radius 1 is 1.09 bits per heavy atom. The number of carbonyl (C=O) groups excluding carboxylic acids is 1. The van der Waals surface area contributed by atoms with Gasteiger partial charge in [0.05, 0.1) is 39.7 Å². The predicted molar refractivity (Wildman–Crippen MR) is 87.6 cm³/mol. The molecule has 0 aliphatic rings. The van der Waals surface area contributed by atoms with Crippen molar-refractivity contribution in [3.8, 4) is 0 Å². The molecule has 0 aromatic rings. The summed E-state index contributed by atoms with van der Waals surface area (Å²) >= 11 is 0. The van der Waals surface area contributed by atoms with Crippen LogP contribution in [0.2, 0.25) is 0 Å². The van der Waals surface area contributed by atoms with Crippen molar-refractivity contribution in [3.05, 3.63) is 0 Å². The van der Waals surface area contributed by atoms with Crippen LogP contribution in [0.25, 0.3) is 0 Å². The minimum atomic E-state index is -3.54. The molecule has 0 aliphatic carbocycles. The van der Waals surface area contributed by atoms with Crippen LogP contribution in [0.3, 0.4) is 0 Å². The summed E-state index contributed by atoms with van der Waals surface area (Å²) in [5.41, 5.74) is 0. The number of hydrogen-bond acceptors (Lipinski definition) is 3. The second-order valence-electron chi connectivity index (χ2n) is 5.57. The van der Waals surface area contributed by atoms with Gasteiger partial charge in [-0.15, -0.1) is 0 Å². The summed E-state index contributed by atoms with van der Waals surface area (Å²) in [6.07, 6.45) is 3.82. The van der Waals surface area contributed by atoms with Crippen molar-refractivity contribution >= 4 is 11.9 Å². The van der Waals surface area contributed by atoms with Crippen LogP contribution in [-0.4, -0.2) is 55.1 Å². The number of quaternary nitrogens is 1. The van der Waals surface area contributed by atoms with Crippen LogP contribution in [0.1, 0.15) is 77.0 Å². The molecule has 0 heterocycles. The highest BCUT2D eigenvalue weighted by Crippen LogP contribution is 2.11. The van der Waals surface area contributed by atoms with Crippen LogP contribution >= 0.6 is 0 Å². The third-order valence-electron chi connectivity index (χ3n) is 3.16. The molecule has 0 aromatic heterocycles. The molecular weight excluding hydrogens is 282 g/mol. The van der Waals surface area contributed by atoms with E-state index in [9.17, 15) is 9.59 Å². The zero-order valence-corrected chi connectivity index (χ0v) is 13.3. The molecule has 0 aromatic carbocycles. The minimum absolute atomic E-state index is 0.0563. The number of carboxylic acid groups (broad SMARTS) is 1. The summed E-state index contributed by atoms with van der Waals surface area (Å²) in [7, 11) is 0. The van der Waals surface area contributed by atoms with Crippen molar-refractivity contribution < 1.29 is 36.3 Å². The standard InChI is InChI=1S/C17H33NO4/c1-5-6-7-8-9-10-11-12-17(21)22-15(13-16(19)20)14-18(2,3)4/h15H,5-14H2,1-4H3/p+1/t15-/m0/s1/i2D3,3D3,4D3. The normalized spacial score (nSPS) is 20.7. The number of rotatable bonds is 13. The quantitative estimate of drug-likeness (QED) is 0.321. The van der Waals surface area contributed by atoms with Crippen LogP contribution in [0.5, 0.6) is 0 Å². The number of esters is 1. The first-order chi connectivity index (χ1) is 14.0. The molecule has 5 heteroatoms. The van der Waals surface area contributed by atoms with Gasteiger partial charge >= 0.3 is 11.9 Å². The predicted octanol–water partition coefficient (Wildman–Crippen LogP) is 3.22. The first-order valence-corrected chi connectivity index (χ1v) is 7.79. The van der Waals surface area contributed by atoms with Crippen molar-refractivity contribution in [1.29, 1.82) is 0 Å². The van der Waals surface area contributed by atoms with E-state index in [-0.39, 0.29) is 6.42 Å². The average molecular weight is 326 g/mol. The number of nitrogens with zero attached hydrogens (tertiary/aromatic N) is 1. The average Bonchev–Trinajstić information content (AvgIpc) is 2.54.